The molecule has 4 nitrogen and oxygen atoms in total. The monoisotopic (exact) mass is 264 g/mol. The summed E-state index contributed by atoms with van der Waals surface area (Å²) in [6, 6.07) is 9.58. The van der Waals surface area contributed by atoms with Crippen molar-refractivity contribution >= 4 is 11.9 Å². The lowest BCUT2D eigenvalue weighted by atomic mass is 9.96. The van der Waals surface area contributed by atoms with Gasteiger partial charge in [-0.3, -0.25) is 9.59 Å². The Morgan fingerprint density at radius 2 is 1.68 bits per heavy atom. The van der Waals surface area contributed by atoms with E-state index in [1.807, 2.05) is 30.3 Å². The molecule has 19 heavy (non-hydrogen) atoms. The number of benzene rings is 1. The van der Waals surface area contributed by atoms with Crippen LogP contribution in [0.1, 0.15) is 25.8 Å². The van der Waals surface area contributed by atoms with Crippen LogP contribution in [-0.4, -0.2) is 25.2 Å². The lowest BCUT2D eigenvalue weighted by molar-refractivity contribution is -0.154. The molecule has 0 radical (unpaired) electrons. The van der Waals surface area contributed by atoms with Gasteiger partial charge in [-0.15, -0.1) is 0 Å². The third-order valence-corrected chi connectivity index (χ3v) is 2.66. The highest BCUT2D eigenvalue weighted by Gasteiger charge is 2.24. The fraction of sp³-hybridized carbons (Fsp3) is 0.467. The van der Waals surface area contributed by atoms with Gasteiger partial charge in [0.2, 0.25) is 0 Å². The maximum atomic E-state index is 11.9. The molecule has 4 heteroatoms. The van der Waals surface area contributed by atoms with E-state index < -0.39 is 5.92 Å². The van der Waals surface area contributed by atoms with E-state index in [9.17, 15) is 9.59 Å². The van der Waals surface area contributed by atoms with E-state index in [2.05, 4.69) is 0 Å². The molecule has 1 atom stereocenters. The third kappa shape index (κ3) is 5.55. The molecular formula is C15H20O4. The zero-order valence-corrected chi connectivity index (χ0v) is 11.4. The van der Waals surface area contributed by atoms with Gasteiger partial charge in [0.15, 0.2) is 0 Å². The first kappa shape index (κ1) is 15.2. The minimum Gasteiger partial charge on any atom is -0.466 e. The Hall–Kier alpha value is -1.84. The predicted octanol–water partition coefficient (Wildman–Crippen LogP) is 2.36. The van der Waals surface area contributed by atoms with Crippen molar-refractivity contribution in [2.75, 3.05) is 13.2 Å². The lowest BCUT2D eigenvalue weighted by Gasteiger charge is -2.14. The van der Waals surface area contributed by atoms with Crippen LogP contribution >= 0.6 is 0 Å². The van der Waals surface area contributed by atoms with Crippen molar-refractivity contribution < 1.29 is 19.1 Å². The van der Waals surface area contributed by atoms with Crippen LogP contribution in [0, 0.1) is 5.92 Å². The van der Waals surface area contributed by atoms with Crippen LogP contribution in [0.4, 0.5) is 0 Å². The van der Waals surface area contributed by atoms with Gasteiger partial charge in [0.25, 0.3) is 0 Å². The Balaban J connectivity index is 2.69. The number of hydrogen-bond donors (Lipinski definition) is 0. The number of ether oxygens (including phenoxy) is 2. The number of rotatable bonds is 7. The average Bonchev–Trinajstić information content (AvgIpc) is 2.40. The molecule has 1 aromatic carbocycles. The minimum atomic E-state index is -0.485. The van der Waals surface area contributed by atoms with E-state index >= 15 is 0 Å². The molecule has 1 rings (SSSR count). The summed E-state index contributed by atoms with van der Waals surface area (Å²) < 4.78 is 9.90. The van der Waals surface area contributed by atoms with Crippen molar-refractivity contribution in [3.8, 4) is 0 Å². The first-order chi connectivity index (χ1) is 9.17. The molecule has 0 aromatic heterocycles. The molecule has 0 fully saturated rings. The second-order valence-corrected chi connectivity index (χ2v) is 4.15. The van der Waals surface area contributed by atoms with Gasteiger partial charge in [0.1, 0.15) is 0 Å². The van der Waals surface area contributed by atoms with Crippen molar-refractivity contribution in [2.45, 2.75) is 26.7 Å². The van der Waals surface area contributed by atoms with Crippen LogP contribution in [0.2, 0.25) is 0 Å². The van der Waals surface area contributed by atoms with E-state index in [1.54, 1.807) is 13.8 Å². The zero-order chi connectivity index (χ0) is 14.1. The van der Waals surface area contributed by atoms with E-state index in [0.29, 0.717) is 19.6 Å². The molecule has 0 N–H and O–H groups in total. The lowest BCUT2D eigenvalue weighted by Crippen LogP contribution is -2.24. The highest BCUT2D eigenvalue weighted by atomic mass is 16.5. The summed E-state index contributed by atoms with van der Waals surface area (Å²) in [5.41, 5.74) is 1.00. The minimum absolute atomic E-state index is 0.0571. The molecule has 0 heterocycles. The number of esters is 2. The summed E-state index contributed by atoms with van der Waals surface area (Å²) in [7, 11) is 0. The van der Waals surface area contributed by atoms with Crippen LogP contribution in [0.5, 0.6) is 0 Å². The summed E-state index contributed by atoms with van der Waals surface area (Å²) in [5.74, 6) is -1.20. The molecule has 1 unspecified atom stereocenters. The first-order valence-electron chi connectivity index (χ1n) is 6.53. The van der Waals surface area contributed by atoms with Crippen molar-refractivity contribution in [3.63, 3.8) is 0 Å². The highest BCUT2D eigenvalue weighted by Crippen LogP contribution is 2.15. The molecule has 0 spiro atoms. The van der Waals surface area contributed by atoms with Gasteiger partial charge in [-0.05, 0) is 25.8 Å². The Kier molecular flexibility index (Phi) is 6.64. The van der Waals surface area contributed by atoms with Crippen LogP contribution < -0.4 is 0 Å². The smallest absolute Gasteiger partial charge is 0.309 e. The summed E-state index contributed by atoms with van der Waals surface area (Å²) in [4.78, 5) is 23.4. The fourth-order valence-electron chi connectivity index (χ4n) is 1.82. The van der Waals surface area contributed by atoms with E-state index in [1.165, 1.54) is 0 Å². The van der Waals surface area contributed by atoms with Crippen molar-refractivity contribution in [3.05, 3.63) is 35.9 Å². The molecular weight excluding hydrogens is 244 g/mol. The number of carbonyl (C=O) groups is 2. The number of carbonyl (C=O) groups excluding carboxylic acids is 2. The molecule has 1 aromatic rings. The predicted molar refractivity (Wildman–Crippen MR) is 71.5 cm³/mol. The van der Waals surface area contributed by atoms with Gasteiger partial charge in [0, 0.05) is 0 Å². The van der Waals surface area contributed by atoms with Crippen LogP contribution in [0.25, 0.3) is 0 Å². The largest absolute Gasteiger partial charge is 0.466 e. The van der Waals surface area contributed by atoms with E-state index in [-0.39, 0.29) is 18.4 Å². The van der Waals surface area contributed by atoms with E-state index in [0.717, 1.165) is 5.56 Å². The molecule has 0 amide bonds. The quantitative estimate of drug-likeness (QED) is 0.709. The third-order valence-electron chi connectivity index (χ3n) is 2.66. The second-order valence-electron chi connectivity index (χ2n) is 4.15. The normalized spacial score (nSPS) is 11.7. The summed E-state index contributed by atoms with van der Waals surface area (Å²) in [5, 5.41) is 0. The van der Waals surface area contributed by atoms with Gasteiger partial charge in [0.05, 0.1) is 25.6 Å². The Morgan fingerprint density at radius 1 is 1.05 bits per heavy atom. The van der Waals surface area contributed by atoms with Crippen LogP contribution in [-0.2, 0) is 25.5 Å². The number of hydrogen-bond acceptors (Lipinski definition) is 4. The summed E-state index contributed by atoms with van der Waals surface area (Å²) in [6.45, 7) is 4.13. The molecule has 0 aliphatic rings. The Bertz CT molecular complexity index is 400. The summed E-state index contributed by atoms with van der Waals surface area (Å²) in [6.07, 6.45) is 0.542. The molecule has 0 bridgehead atoms. The maximum absolute atomic E-state index is 11.9. The van der Waals surface area contributed by atoms with Crippen molar-refractivity contribution in [1.82, 2.24) is 0 Å². The van der Waals surface area contributed by atoms with Gasteiger partial charge >= 0.3 is 11.9 Å². The van der Waals surface area contributed by atoms with Gasteiger partial charge < -0.3 is 9.47 Å². The molecule has 0 saturated heterocycles. The van der Waals surface area contributed by atoms with Crippen molar-refractivity contribution in [2.24, 2.45) is 5.92 Å². The average molecular weight is 264 g/mol. The Labute approximate surface area is 113 Å². The van der Waals surface area contributed by atoms with Crippen molar-refractivity contribution in [1.29, 1.82) is 0 Å². The van der Waals surface area contributed by atoms with E-state index in [4.69, 9.17) is 9.47 Å². The van der Waals surface area contributed by atoms with Crippen LogP contribution in [0.15, 0.2) is 30.3 Å². The maximum Gasteiger partial charge on any atom is 0.309 e. The standard InChI is InChI=1S/C15H20O4/c1-3-18-14(16)11-13(15(17)19-4-2)10-12-8-6-5-7-9-12/h5-9,13H,3-4,10-11H2,1-2H3. The summed E-state index contributed by atoms with van der Waals surface area (Å²) >= 11 is 0. The fourth-order valence-corrected chi connectivity index (χ4v) is 1.82. The first-order valence-corrected chi connectivity index (χ1v) is 6.53. The highest BCUT2D eigenvalue weighted by molar-refractivity contribution is 5.80. The molecule has 0 aliphatic heterocycles. The topological polar surface area (TPSA) is 52.6 Å². The zero-order valence-electron chi connectivity index (χ0n) is 11.4. The SMILES string of the molecule is CCOC(=O)CC(Cc1ccccc1)C(=O)OCC. The molecule has 0 saturated carbocycles. The molecule has 104 valence electrons. The Morgan fingerprint density at radius 3 is 2.26 bits per heavy atom. The second kappa shape index (κ2) is 8.29. The van der Waals surface area contributed by atoms with Gasteiger partial charge in [-0.2, -0.15) is 0 Å². The molecule has 0 aliphatic carbocycles. The van der Waals surface area contributed by atoms with Crippen LogP contribution in [0.3, 0.4) is 0 Å². The van der Waals surface area contributed by atoms with Gasteiger partial charge in [-0.1, -0.05) is 30.3 Å². The van der Waals surface area contributed by atoms with Gasteiger partial charge in [-0.25, -0.2) is 0 Å².